The summed E-state index contributed by atoms with van der Waals surface area (Å²) in [5, 5.41) is 22.5. The lowest BCUT2D eigenvalue weighted by molar-refractivity contribution is -0.484. The number of Topliss-reactive ketones (excluding diaryl/α,β-unsaturated/α-hetero) is 1. The number of rotatable bonds is 8. The molecule has 10 nitrogen and oxygen atoms in total. The van der Waals surface area contributed by atoms with Gasteiger partial charge in [-0.3, -0.25) is 34.7 Å². The molecule has 0 radical (unpaired) electrons. The second-order valence-corrected chi connectivity index (χ2v) is 5.08. The first-order valence-electron chi connectivity index (χ1n) is 6.87. The third-order valence-corrected chi connectivity index (χ3v) is 3.57. The summed E-state index contributed by atoms with van der Waals surface area (Å²) in [5.74, 6) is -3.69. The highest BCUT2D eigenvalue weighted by Crippen LogP contribution is 2.29. The number of ketones is 1. The number of nitrogens with zero attached hydrogens (tertiary/aromatic N) is 3. The van der Waals surface area contributed by atoms with Gasteiger partial charge in [-0.25, -0.2) is 5.06 Å². The molecule has 0 aliphatic rings. The number of amides is 1. The van der Waals surface area contributed by atoms with E-state index in [1.165, 1.54) is 38.4 Å². The van der Waals surface area contributed by atoms with Crippen LogP contribution in [0.5, 0.6) is 0 Å². The number of nitro groups is 2. The molecule has 0 aliphatic heterocycles. The smallest absolute Gasteiger partial charge is 0.269 e. The summed E-state index contributed by atoms with van der Waals surface area (Å²) in [6.45, 7) is 0.482. The molecule has 10 heteroatoms. The Morgan fingerprint density at radius 3 is 2.12 bits per heavy atom. The standard InChI is InChI=1S/C14H17N3O7/c1-9(18)13(14(19)15(2)24-3)12(8-16(20)21)10-4-6-11(7-5-10)17(22)23/h4-7,12-13H,8H2,1-3H3/t12-,13-/m1/s1. The molecule has 1 aromatic carbocycles. The Kier molecular flexibility index (Phi) is 6.48. The molecule has 1 aromatic rings. The van der Waals surface area contributed by atoms with Crippen molar-refractivity contribution in [2.75, 3.05) is 20.7 Å². The van der Waals surface area contributed by atoms with Crippen molar-refractivity contribution in [3.63, 3.8) is 0 Å². The fraction of sp³-hybridized carbons (Fsp3) is 0.429. The molecule has 0 bridgehead atoms. The van der Waals surface area contributed by atoms with Crippen molar-refractivity contribution in [2.24, 2.45) is 5.92 Å². The van der Waals surface area contributed by atoms with E-state index in [4.69, 9.17) is 4.84 Å². The van der Waals surface area contributed by atoms with Crippen molar-refractivity contribution in [2.45, 2.75) is 12.8 Å². The van der Waals surface area contributed by atoms with Crippen molar-refractivity contribution in [3.8, 4) is 0 Å². The first-order valence-corrected chi connectivity index (χ1v) is 6.87. The lowest BCUT2D eigenvalue weighted by Crippen LogP contribution is -2.40. The van der Waals surface area contributed by atoms with Gasteiger partial charge in [0.1, 0.15) is 11.7 Å². The maximum Gasteiger partial charge on any atom is 0.269 e. The van der Waals surface area contributed by atoms with E-state index in [0.717, 1.165) is 12.0 Å². The molecule has 0 N–H and O–H groups in total. The zero-order valence-corrected chi connectivity index (χ0v) is 13.4. The first-order chi connectivity index (χ1) is 11.2. The van der Waals surface area contributed by atoms with Crippen molar-refractivity contribution >= 4 is 17.4 Å². The number of hydrogen-bond acceptors (Lipinski definition) is 7. The maximum atomic E-state index is 12.3. The average molecular weight is 339 g/mol. The van der Waals surface area contributed by atoms with Crippen LogP contribution < -0.4 is 0 Å². The Balaban J connectivity index is 3.31. The summed E-state index contributed by atoms with van der Waals surface area (Å²) in [6.07, 6.45) is 0. The largest absolute Gasteiger partial charge is 0.299 e. The minimum atomic E-state index is -1.33. The molecule has 0 saturated carbocycles. The molecule has 2 atom stereocenters. The summed E-state index contributed by atoms with van der Waals surface area (Å²) in [7, 11) is 2.51. The highest BCUT2D eigenvalue weighted by atomic mass is 16.7. The van der Waals surface area contributed by atoms with E-state index < -0.39 is 39.9 Å². The minimum absolute atomic E-state index is 0.196. The summed E-state index contributed by atoms with van der Waals surface area (Å²) in [4.78, 5) is 49.5. The number of non-ortho nitro benzene ring substituents is 1. The summed E-state index contributed by atoms with van der Waals surface area (Å²) in [5.41, 5.74) is 0.0914. The number of hydrogen-bond donors (Lipinski definition) is 0. The van der Waals surface area contributed by atoms with Gasteiger partial charge in [-0.2, -0.15) is 0 Å². The van der Waals surface area contributed by atoms with Gasteiger partial charge >= 0.3 is 0 Å². The average Bonchev–Trinajstić information content (AvgIpc) is 2.52. The van der Waals surface area contributed by atoms with Gasteiger partial charge in [0.05, 0.1) is 18.0 Å². The zero-order chi connectivity index (χ0) is 18.4. The molecule has 24 heavy (non-hydrogen) atoms. The van der Waals surface area contributed by atoms with Gasteiger partial charge in [0.15, 0.2) is 0 Å². The summed E-state index contributed by atoms with van der Waals surface area (Å²) >= 11 is 0. The quantitative estimate of drug-likeness (QED) is 0.394. The Morgan fingerprint density at radius 1 is 1.21 bits per heavy atom. The normalized spacial score (nSPS) is 13.0. The number of benzene rings is 1. The lowest BCUT2D eigenvalue weighted by Gasteiger charge is -2.25. The topological polar surface area (TPSA) is 133 Å². The molecule has 0 fully saturated rings. The summed E-state index contributed by atoms with van der Waals surface area (Å²) < 4.78 is 0. The second-order valence-electron chi connectivity index (χ2n) is 5.08. The SMILES string of the molecule is CON(C)C(=O)[C@H](C(C)=O)[C@H](C[N+](=O)[O-])c1ccc([N+](=O)[O-])cc1. The monoisotopic (exact) mass is 339 g/mol. The van der Waals surface area contributed by atoms with Crippen molar-refractivity contribution in [1.82, 2.24) is 5.06 Å². The van der Waals surface area contributed by atoms with Gasteiger partial charge in [0, 0.05) is 24.1 Å². The highest BCUT2D eigenvalue weighted by Gasteiger charge is 2.38. The number of carbonyl (C=O) groups is 2. The Morgan fingerprint density at radius 2 is 1.75 bits per heavy atom. The van der Waals surface area contributed by atoms with E-state index >= 15 is 0 Å². The van der Waals surface area contributed by atoms with Crippen molar-refractivity contribution in [3.05, 3.63) is 50.1 Å². The lowest BCUT2D eigenvalue weighted by atomic mass is 9.82. The Hall–Kier alpha value is -2.88. The van der Waals surface area contributed by atoms with Crippen LogP contribution in [0.25, 0.3) is 0 Å². The van der Waals surface area contributed by atoms with Crippen LogP contribution in [0.1, 0.15) is 18.4 Å². The molecule has 0 saturated heterocycles. The molecular formula is C14H17N3O7. The van der Waals surface area contributed by atoms with Crippen LogP contribution in [-0.2, 0) is 14.4 Å². The molecule has 130 valence electrons. The fourth-order valence-corrected chi connectivity index (χ4v) is 2.32. The third kappa shape index (κ3) is 4.56. The molecule has 0 spiro atoms. The predicted molar refractivity (Wildman–Crippen MR) is 81.6 cm³/mol. The van der Waals surface area contributed by atoms with E-state index in [2.05, 4.69) is 0 Å². The second kappa shape index (κ2) is 8.11. The zero-order valence-electron chi connectivity index (χ0n) is 13.4. The molecule has 1 rings (SSSR count). The van der Waals surface area contributed by atoms with Gasteiger partial charge in [0.2, 0.25) is 6.54 Å². The van der Waals surface area contributed by atoms with Crippen LogP contribution in [0.2, 0.25) is 0 Å². The van der Waals surface area contributed by atoms with Gasteiger partial charge in [-0.05, 0) is 12.5 Å². The van der Waals surface area contributed by atoms with Gasteiger partial charge < -0.3 is 0 Å². The Labute approximate surface area is 137 Å². The molecule has 1 amide bonds. The van der Waals surface area contributed by atoms with Crippen molar-refractivity contribution < 1.29 is 24.3 Å². The molecule has 0 heterocycles. The van der Waals surface area contributed by atoms with E-state index in [9.17, 15) is 29.8 Å². The van der Waals surface area contributed by atoms with E-state index in [0.29, 0.717) is 0 Å². The minimum Gasteiger partial charge on any atom is -0.299 e. The van der Waals surface area contributed by atoms with Gasteiger partial charge in [-0.1, -0.05) is 12.1 Å². The van der Waals surface area contributed by atoms with Gasteiger partial charge in [0.25, 0.3) is 11.6 Å². The van der Waals surface area contributed by atoms with E-state index in [1.54, 1.807) is 0 Å². The highest BCUT2D eigenvalue weighted by molar-refractivity contribution is 6.00. The van der Waals surface area contributed by atoms with Crippen molar-refractivity contribution in [1.29, 1.82) is 0 Å². The predicted octanol–water partition coefficient (Wildman–Crippen LogP) is 1.18. The third-order valence-electron chi connectivity index (χ3n) is 3.57. The van der Waals surface area contributed by atoms with E-state index in [1.807, 2.05) is 0 Å². The first kappa shape index (κ1) is 19.2. The number of nitro benzene ring substituents is 1. The fourth-order valence-electron chi connectivity index (χ4n) is 2.32. The van der Waals surface area contributed by atoms with Crippen LogP contribution >= 0.6 is 0 Å². The number of hydroxylamine groups is 2. The maximum absolute atomic E-state index is 12.3. The molecule has 0 aromatic heterocycles. The van der Waals surface area contributed by atoms with Crippen LogP contribution in [0, 0.1) is 26.1 Å². The number of carbonyl (C=O) groups excluding carboxylic acids is 2. The molecular weight excluding hydrogens is 322 g/mol. The molecule has 0 unspecified atom stereocenters. The van der Waals surface area contributed by atoms with E-state index in [-0.39, 0.29) is 11.3 Å². The van der Waals surface area contributed by atoms with Crippen LogP contribution in [0.4, 0.5) is 5.69 Å². The van der Waals surface area contributed by atoms with Crippen LogP contribution in [-0.4, -0.2) is 47.3 Å². The molecule has 0 aliphatic carbocycles. The van der Waals surface area contributed by atoms with Crippen LogP contribution in [0.15, 0.2) is 24.3 Å². The Bertz CT molecular complexity index is 644. The van der Waals surface area contributed by atoms with Crippen LogP contribution in [0.3, 0.4) is 0 Å². The summed E-state index contributed by atoms with van der Waals surface area (Å²) in [6, 6.07) is 4.96. The van der Waals surface area contributed by atoms with Gasteiger partial charge in [-0.15, -0.1) is 0 Å².